The Morgan fingerprint density at radius 3 is 2.62 bits per heavy atom. The maximum Gasteiger partial charge on any atom is 0.0641 e. The van der Waals surface area contributed by atoms with Gasteiger partial charge in [-0.1, -0.05) is 30.3 Å². The molecule has 0 aromatic heterocycles. The van der Waals surface area contributed by atoms with Crippen molar-refractivity contribution in [3.8, 4) is 0 Å². The molecule has 2 rings (SSSR count). The number of hydrogen-bond acceptors (Lipinski definition) is 2. The molecular formula is C14H21NO. The SMILES string of the molecule is CC1(C)C[C@H](N)[C@@H](Cc2ccccc2)CO1. The van der Waals surface area contributed by atoms with Crippen molar-refractivity contribution in [2.24, 2.45) is 11.7 Å². The minimum Gasteiger partial charge on any atom is -0.375 e. The molecule has 1 aliphatic heterocycles. The van der Waals surface area contributed by atoms with E-state index in [1.165, 1.54) is 5.56 Å². The average Bonchev–Trinajstić information content (AvgIpc) is 2.23. The topological polar surface area (TPSA) is 35.2 Å². The van der Waals surface area contributed by atoms with Crippen LogP contribution in [0, 0.1) is 5.92 Å². The van der Waals surface area contributed by atoms with E-state index in [2.05, 4.69) is 38.1 Å². The Labute approximate surface area is 97.8 Å². The Hall–Kier alpha value is -0.860. The summed E-state index contributed by atoms with van der Waals surface area (Å²) in [4.78, 5) is 0. The number of benzene rings is 1. The van der Waals surface area contributed by atoms with E-state index in [0.29, 0.717) is 5.92 Å². The molecule has 0 spiro atoms. The average molecular weight is 219 g/mol. The zero-order valence-electron chi connectivity index (χ0n) is 10.1. The van der Waals surface area contributed by atoms with E-state index in [9.17, 15) is 0 Å². The van der Waals surface area contributed by atoms with Crippen molar-refractivity contribution in [2.45, 2.75) is 38.3 Å². The highest BCUT2D eigenvalue weighted by Gasteiger charge is 2.33. The number of rotatable bonds is 2. The van der Waals surface area contributed by atoms with E-state index >= 15 is 0 Å². The van der Waals surface area contributed by atoms with Gasteiger partial charge in [-0.05, 0) is 32.3 Å². The van der Waals surface area contributed by atoms with E-state index in [4.69, 9.17) is 10.5 Å². The fourth-order valence-electron chi connectivity index (χ4n) is 2.38. The summed E-state index contributed by atoms with van der Waals surface area (Å²) in [6.45, 7) is 5.01. The number of nitrogens with two attached hydrogens (primary N) is 1. The van der Waals surface area contributed by atoms with Crippen LogP contribution in [0.2, 0.25) is 0 Å². The van der Waals surface area contributed by atoms with Crippen molar-refractivity contribution in [1.82, 2.24) is 0 Å². The van der Waals surface area contributed by atoms with E-state index in [-0.39, 0.29) is 11.6 Å². The molecule has 1 aromatic carbocycles. The maximum absolute atomic E-state index is 6.22. The molecule has 2 N–H and O–H groups in total. The van der Waals surface area contributed by atoms with Gasteiger partial charge < -0.3 is 10.5 Å². The number of ether oxygens (including phenoxy) is 1. The molecule has 0 aliphatic carbocycles. The Balaban J connectivity index is 1.97. The fraction of sp³-hybridized carbons (Fsp3) is 0.571. The molecule has 0 radical (unpaired) electrons. The quantitative estimate of drug-likeness (QED) is 0.828. The van der Waals surface area contributed by atoms with Crippen LogP contribution in [0.3, 0.4) is 0 Å². The summed E-state index contributed by atoms with van der Waals surface area (Å²) in [7, 11) is 0. The van der Waals surface area contributed by atoms with Crippen LogP contribution >= 0.6 is 0 Å². The standard InChI is InChI=1S/C14H21NO/c1-14(2)9-13(15)12(10-16-14)8-11-6-4-3-5-7-11/h3-7,12-13H,8-10,15H2,1-2H3/t12-,13-/m0/s1. The summed E-state index contributed by atoms with van der Waals surface area (Å²) in [5.74, 6) is 0.454. The summed E-state index contributed by atoms with van der Waals surface area (Å²) in [5, 5.41) is 0. The summed E-state index contributed by atoms with van der Waals surface area (Å²) in [6, 6.07) is 10.8. The third-order valence-electron chi connectivity index (χ3n) is 3.36. The largest absolute Gasteiger partial charge is 0.375 e. The van der Waals surface area contributed by atoms with Crippen LogP contribution in [0.5, 0.6) is 0 Å². The normalized spacial score (nSPS) is 28.9. The Morgan fingerprint density at radius 2 is 2.00 bits per heavy atom. The molecular weight excluding hydrogens is 198 g/mol. The van der Waals surface area contributed by atoms with E-state index in [1.807, 2.05) is 6.07 Å². The molecule has 2 nitrogen and oxygen atoms in total. The van der Waals surface area contributed by atoms with E-state index in [0.717, 1.165) is 19.4 Å². The second-order valence-corrected chi connectivity index (χ2v) is 5.39. The van der Waals surface area contributed by atoms with Crippen molar-refractivity contribution in [2.75, 3.05) is 6.61 Å². The molecule has 0 amide bonds. The summed E-state index contributed by atoms with van der Waals surface area (Å²) >= 11 is 0. The zero-order valence-corrected chi connectivity index (χ0v) is 10.1. The van der Waals surface area contributed by atoms with Crippen molar-refractivity contribution in [3.63, 3.8) is 0 Å². The van der Waals surface area contributed by atoms with Crippen LogP contribution in [-0.4, -0.2) is 18.2 Å². The third kappa shape index (κ3) is 2.83. The third-order valence-corrected chi connectivity index (χ3v) is 3.36. The monoisotopic (exact) mass is 219 g/mol. The van der Waals surface area contributed by atoms with Gasteiger partial charge in [0, 0.05) is 12.0 Å². The van der Waals surface area contributed by atoms with Crippen LogP contribution in [0.25, 0.3) is 0 Å². The van der Waals surface area contributed by atoms with Crippen LogP contribution in [0.15, 0.2) is 30.3 Å². The lowest BCUT2D eigenvalue weighted by atomic mass is 9.84. The van der Waals surface area contributed by atoms with E-state index in [1.54, 1.807) is 0 Å². The van der Waals surface area contributed by atoms with Crippen molar-refractivity contribution in [1.29, 1.82) is 0 Å². The zero-order chi connectivity index (χ0) is 11.6. The minimum absolute atomic E-state index is 0.0490. The molecule has 0 bridgehead atoms. The highest BCUT2D eigenvalue weighted by molar-refractivity contribution is 5.16. The molecule has 1 fully saturated rings. The predicted octanol–water partition coefficient (Wildman–Crippen LogP) is 2.37. The molecule has 0 unspecified atom stereocenters. The van der Waals surface area contributed by atoms with Crippen molar-refractivity contribution in [3.05, 3.63) is 35.9 Å². The molecule has 2 atom stereocenters. The minimum atomic E-state index is -0.0490. The van der Waals surface area contributed by atoms with Crippen LogP contribution in [0.1, 0.15) is 25.8 Å². The van der Waals surface area contributed by atoms with Crippen molar-refractivity contribution >= 4 is 0 Å². The van der Waals surface area contributed by atoms with Crippen molar-refractivity contribution < 1.29 is 4.74 Å². The molecule has 1 aliphatic rings. The van der Waals surface area contributed by atoms with Gasteiger partial charge in [-0.2, -0.15) is 0 Å². The summed E-state index contributed by atoms with van der Waals surface area (Å²) in [6.07, 6.45) is 1.97. The fourth-order valence-corrected chi connectivity index (χ4v) is 2.38. The molecule has 0 saturated carbocycles. The van der Waals surface area contributed by atoms with E-state index < -0.39 is 0 Å². The molecule has 16 heavy (non-hydrogen) atoms. The highest BCUT2D eigenvalue weighted by Crippen LogP contribution is 2.28. The molecule has 88 valence electrons. The van der Waals surface area contributed by atoms with Gasteiger partial charge in [0.15, 0.2) is 0 Å². The van der Waals surface area contributed by atoms with Crippen LogP contribution < -0.4 is 5.73 Å². The van der Waals surface area contributed by atoms with Gasteiger partial charge >= 0.3 is 0 Å². The first-order valence-corrected chi connectivity index (χ1v) is 6.00. The molecule has 2 heteroatoms. The Morgan fingerprint density at radius 1 is 1.31 bits per heavy atom. The molecule has 1 aromatic rings. The van der Waals surface area contributed by atoms with Gasteiger partial charge in [0.1, 0.15) is 0 Å². The lowest BCUT2D eigenvalue weighted by molar-refractivity contribution is -0.0844. The highest BCUT2D eigenvalue weighted by atomic mass is 16.5. The maximum atomic E-state index is 6.22. The summed E-state index contributed by atoms with van der Waals surface area (Å²) in [5.41, 5.74) is 7.53. The lowest BCUT2D eigenvalue weighted by Gasteiger charge is -2.39. The van der Waals surface area contributed by atoms with Gasteiger partial charge in [-0.15, -0.1) is 0 Å². The first-order valence-electron chi connectivity index (χ1n) is 6.00. The lowest BCUT2D eigenvalue weighted by Crippen LogP contribution is -2.47. The smallest absolute Gasteiger partial charge is 0.0641 e. The molecule has 1 heterocycles. The van der Waals surface area contributed by atoms with Gasteiger partial charge in [0.05, 0.1) is 12.2 Å². The first kappa shape index (κ1) is 11.6. The van der Waals surface area contributed by atoms with Gasteiger partial charge in [-0.25, -0.2) is 0 Å². The summed E-state index contributed by atoms with van der Waals surface area (Å²) < 4.78 is 5.84. The second-order valence-electron chi connectivity index (χ2n) is 5.39. The van der Waals surface area contributed by atoms with Gasteiger partial charge in [0.25, 0.3) is 0 Å². The van der Waals surface area contributed by atoms with Crippen LogP contribution in [-0.2, 0) is 11.2 Å². The van der Waals surface area contributed by atoms with Gasteiger partial charge in [-0.3, -0.25) is 0 Å². The van der Waals surface area contributed by atoms with Gasteiger partial charge in [0.2, 0.25) is 0 Å². The Bertz CT molecular complexity index is 334. The second kappa shape index (κ2) is 4.56. The van der Waals surface area contributed by atoms with Crippen LogP contribution in [0.4, 0.5) is 0 Å². The molecule has 1 saturated heterocycles. The number of hydrogen-bond donors (Lipinski definition) is 1. The Kier molecular flexibility index (Phi) is 3.31. The predicted molar refractivity (Wildman–Crippen MR) is 66.3 cm³/mol. The first-order chi connectivity index (χ1) is 7.57.